The number of piperazine rings is 1. The van der Waals surface area contributed by atoms with Gasteiger partial charge in [0.05, 0.1) is 0 Å². The number of carbonyl (C=O) groups excluding carboxylic acids is 1. The highest BCUT2D eigenvalue weighted by Gasteiger charge is 2.16. The van der Waals surface area contributed by atoms with E-state index in [1.54, 1.807) is 6.92 Å². The van der Waals surface area contributed by atoms with E-state index in [2.05, 4.69) is 46.3 Å². The van der Waals surface area contributed by atoms with Gasteiger partial charge in [-0.2, -0.15) is 0 Å². The maximum Gasteiger partial charge on any atom is 0.261 e. The van der Waals surface area contributed by atoms with E-state index in [1.165, 1.54) is 11.1 Å². The Morgan fingerprint density at radius 1 is 0.966 bits per heavy atom. The monoisotopic (exact) mass is 395 g/mol. The molecule has 0 radical (unpaired) electrons. The molecule has 1 heterocycles. The van der Waals surface area contributed by atoms with Crippen LogP contribution in [0.25, 0.3) is 0 Å². The Labute approximate surface area is 174 Å². The topological polar surface area (TPSA) is 44.8 Å². The Morgan fingerprint density at radius 2 is 1.55 bits per heavy atom. The number of carbonyl (C=O) groups is 1. The van der Waals surface area contributed by atoms with Crippen molar-refractivity contribution < 1.29 is 9.53 Å². The maximum absolute atomic E-state index is 12.3. The summed E-state index contributed by atoms with van der Waals surface area (Å²) in [6.07, 6.45) is -0.529. The summed E-state index contributed by atoms with van der Waals surface area (Å²) in [5.41, 5.74) is 3.59. The molecule has 1 N–H and O–H groups in total. The predicted molar refractivity (Wildman–Crippen MR) is 117 cm³/mol. The fourth-order valence-corrected chi connectivity index (χ4v) is 3.49. The van der Waals surface area contributed by atoms with Crippen LogP contribution in [-0.4, -0.2) is 54.5 Å². The molecule has 1 unspecified atom stereocenters. The molecule has 0 aliphatic carbocycles. The summed E-state index contributed by atoms with van der Waals surface area (Å²) >= 11 is 0. The van der Waals surface area contributed by atoms with Crippen LogP contribution in [0.4, 0.5) is 0 Å². The number of benzene rings is 2. The van der Waals surface area contributed by atoms with Crippen molar-refractivity contribution in [2.24, 2.45) is 0 Å². The summed E-state index contributed by atoms with van der Waals surface area (Å²) in [6, 6.07) is 16.3. The van der Waals surface area contributed by atoms with Crippen molar-refractivity contribution in [3.63, 3.8) is 0 Å². The third-order valence-electron chi connectivity index (χ3n) is 5.51. The zero-order chi connectivity index (χ0) is 20.6. The van der Waals surface area contributed by atoms with Gasteiger partial charge in [0.25, 0.3) is 5.91 Å². The number of hydrogen-bond donors (Lipinski definition) is 1. The molecule has 29 heavy (non-hydrogen) atoms. The van der Waals surface area contributed by atoms with Crippen LogP contribution in [0.2, 0.25) is 0 Å². The molecule has 156 valence electrons. The zero-order valence-corrected chi connectivity index (χ0v) is 17.9. The smallest absolute Gasteiger partial charge is 0.261 e. The highest BCUT2D eigenvalue weighted by atomic mass is 16.5. The molecule has 2 aromatic carbocycles. The molecule has 0 saturated carbocycles. The minimum Gasteiger partial charge on any atom is -0.481 e. The maximum atomic E-state index is 12.3. The molecule has 5 heteroatoms. The Morgan fingerprint density at radius 3 is 2.17 bits per heavy atom. The summed E-state index contributed by atoms with van der Waals surface area (Å²) in [6.45, 7) is 13.2. The standard InChI is InChI=1S/C24H33N3O2/c1-4-26-13-15-27(16-14-26)18-22-9-7-21(8-10-22)17-25-24(28)20(3)29-23-11-5-19(2)6-12-23/h5-12,20H,4,13-18H2,1-3H3,(H,25,28). The lowest BCUT2D eigenvalue weighted by Gasteiger charge is -2.34. The molecule has 0 bridgehead atoms. The molecular formula is C24H33N3O2. The van der Waals surface area contributed by atoms with Gasteiger partial charge in [-0.15, -0.1) is 0 Å². The number of amides is 1. The van der Waals surface area contributed by atoms with Crippen molar-refractivity contribution in [1.82, 2.24) is 15.1 Å². The number of nitrogens with zero attached hydrogens (tertiary/aromatic N) is 2. The van der Waals surface area contributed by atoms with Crippen LogP contribution < -0.4 is 10.1 Å². The molecule has 1 saturated heterocycles. The first-order valence-electron chi connectivity index (χ1n) is 10.6. The number of nitrogens with one attached hydrogen (secondary N) is 1. The van der Waals surface area contributed by atoms with Crippen molar-refractivity contribution in [2.75, 3.05) is 32.7 Å². The number of likely N-dealkylation sites (N-methyl/N-ethyl adjacent to an activating group) is 1. The average molecular weight is 396 g/mol. The third kappa shape index (κ3) is 6.58. The average Bonchev–Trinajstić information content (AvgIpc) is 2.75. The van der Waals surface area contributed by atoms with E-state index in [-0.39, 0.29) is 5.91 Å². The summed E-state index contributed by atoms with van der Waals surface area (Å²) < 4.78 is 5.72. The molecule has 0 spiro atoms. The molecule has 1 aliphatic rings. The van der Waals surface area contributed by atoms with Crippen LogP contribution in [0, 0.1) is 6.92 Å². The van der Waals surface area contributed by atoms with Crippen LogP contribution in [0.15, 0.2) is 48.5 Å². The van der Waals surface area contributed by atoms with Gasteiger partial charge in [0.1, 0.15) is 5.75 Å². The normalized spacial score (nSPS) is 16.4. The van der Waals surface area contributed by atoms with Gasteiger partial charge in [0, 0.05) is 39.3 Å². The third-order valence-corrected chi connectivity index (χ3v) is 5.51. The molecule has 1 amide bonds. The molecule has 0 aromatic heterocycles. The second kappa shape index (κ2) is 10.4. The van der Waals surface area contributed by atoms with Crippen LogP contribution in [-0.2, 0) is 17.9 Å². The van der Waals surface area contributed by atoms with Crippen molar-refractivity contribution in [3.05, 3.63) is 65.2 Å². The Kier molecular flexibility index (Phi) is 7.67. The summed E-state index contributed by atoms with van der Waals surface area (Å²) in [5.74, 6) is 0.603. The second-order valence-electron chi connectivity index (χ2n) is 7.82. The second-order valence-corrected chi connectivity index (χ2v) is 7.82. The summed E-state index contributed by atoms with van der Waals surface area (Å²) in [5, 5.41) is 2.96. The number of aryl methyl sites for hydroxylation is 1. The van der Waals surface area contributed by atoms with Gasteiger partial charge in [-0.3, -0.25) is 9.69 Å². The lowest BCUT2D eigenvalue weighted by molar-refractivity contribution is -0.127. The van der Waals surface area contributed by atoms with Crippen LogP contribution in [0.3, 0.4) is 0 Å². The molecule has 1 fully saturated rings. The van der Waals surface area contributed by atoms with Crippen LogP contribution in [0.1, 0.15) is 30.5 Å². The predicted octanol–water partition coefficient (Wildman–Crippen LogP) is 3.22. The Hall–Kier alpha value is -2.37. The van der Waals surface area contributed by atoms with E-state index in [1.807, 2.05) is 31.2 Å². The highest BCUT2D eigenvalue weighted by molar-refractivity contribution is 5.80. The van der Waals surface area contributed by atoms with Gasteiger partial charge in [-0.05, 0) is 43.7 Å². The molecular weight excluding hydrogens is 362 g/mol. The minimum atomic E-state index is -0.529. The fourth-order valence-electron chi connectivity index (χ4n) is 3.49. The molecule has 2 aromatic rings. The Balaban J connectivity index is 1.42. The number of hydrogen-bond acceptors (Lipinski definition) is 4. The van der Waals surface area contributed by atoms with E-state index in [0.29, 0.717) is 12.3 Å². The lowest BCUT2D eigenvalue weighted by atomic mass is 10.1. The highest BCUT2D eigenvalue weighted by Crippen LogP contribution is 2.14. The zero-order valence-electron chi connectivity index (χ0n) is 17.9. The minimum absolute atomic E-state index is 0.108. The van der Waals surface area contributed by atoms with E-state index >= 15 is 0 Å². The van der Waals surface area contributed by atoms with Gasteiger partial charge in [0.15, 0.2) is 6.10 Å². The van der Waals surface area contributed by atoms with Crippen LogP contribution >= 0.6 is 0 Å². The first kappa shape index (κ1) is 21.3. The van der Waals surface area contributed by atoms with E-state index in [9.17, 15) is 4.79 Å². The summed E-state index contributed by atoms with van der Waals surface area (Å²) in [4.78, 5) is 17.3. The van der Waals surface area contributed by atoms with Gasteiger partial charge in [-0.1, -0.05) is 48.9 Å². The van der Waals surface area contributed by atoms with E-state index in [4.69, 9.17) is 4.74 Å². The van der Waals surface area contributed by atoms with E-state index < -0.39 is 6.10 Å². The largest absolute Gasteiger partial charge is 0.481 e. The molecule has 3 rings (SSSR count). The number of ether oxygens (including phenoxy) is 1. The van der Waals surface area contributed by atoms with Gasteiger partial charge < -0.3 is 15.0 Å². The molecule has 1 aliphatic heterocycles. The van der Waals surface area contributed by atoms with Crippen molar-refractivity contribution in [1.29, 1.82) is 0 Å². The first-order valence-corrected chi connectivity index (χ1v) is 10.6. The molecule has 1 atom stereocenters. The van der Waals surface area contributed by atoms with Gasteiger partial charge in [0.2, 0.25) is 0 Å². The van der Waals surface area contributed by atoms with Gasteiger partial charge in [-0.25, -0.2) is 0 Å². The molecule has 5 nitrogen and oxygen atoms in total. The quantitative estimate of drug-likeness (QED) is 0.745. The SMILES string of the molecule is CCN1CCN(Cc2ccc(CNC(=O)C(C)Oc3ccc(C)cc3)cc2)CC1. The van der Waals surface area contributed by atoms with Gasteiger partial charge >= 0.3 is 0 Å². The van der Waals surface area contributed by atoms with Crippen LogP contribution in [0.5, 0.6) is 5.75 Å². The van der Waals surface area contributed by atoms with Crippen molar-refractivity contribution in [3.8, 4) is 5.75 Å². The summed E-state index contributed by atoms with van der Waals surface area (Å²) in [7, 11) is 0. The first-order chi connectivity index (χ1) is 14.0. The lowest BCUT2D eigenvalue weighted by Crippen LogP contribution is -2.45. The Bertz CT molecular complexity index is 766. The van der Waals surface area contributed by atoms with Crippen molar-refractivity contribution in [2.45, 2.75) is 40.0 Å². The van der Waals surface area contributed by atoms with E-state index in [0.717, 1.165) is 44.8 Å². The fraction of sp³-hybridized carbons (Fsp3) is 0.458. The number of rotatable bonds is 8. The van der Waals surface area contributed by atoms with Crippen molar-refractivity contribution >= 4 is 5.91 Å².